The summed E-state index contributed by atoms with van der Waals surface area (Å²) in [5, 5.41) is 43.1. The highest BCUT2D eigenvalue weighted by molar-refractivity contribution is 5.74. The maximum absolute atomic E-state index is 11.8. The fourth-order valence-corrected chi connectivity index (χ4v) is 6.39. The molecule has 0 heterocycles. The highest BCUT2D eigenvalue weighted by Gasteiger charge is 2.63. The largest absolute Gasteiger partial charge is 0.396 e. The quantitative estimate of drug-likeness (QED) is 0.143. The highest BCUT2D eigenvalue weighted by Crippen LogP contribution is 2.62. The molecule has 0 saturated heterocycles. The molecular formula is C30H46O5. The number of carbonyl (C=O) groups is 1. The number of hydrogen-bond acceptors (Lipinski definition) is 5. The number of rotatable bonds is 11. The summed E-state index contributed by atoms with van der Waals surface area (Å²) in [7, 11) is 0. The van der Waals surface area contributed by atoms with Gasteiger partial charge >= 0.3 is 0 Å². The number of aliphatic hydroxyl groups excluding tert-OH is 3. The number of carbonyl (C=O) groups excluding carboxylic acids is 1. The molecule has 1 unspecified atom stereocenters. The molecule has 0 aromatic rings. The van der Waals surface area contributed by atoms with Crippen molar-refractivity contribution in [1.82, 2.24) is 0 Å². The Morgan fingerprint density at radius 2 is 1.91 bits per heavy atom. The molecule has 2 saturated carbocycles. The Bertz CT molecular complexity index is 871. The Morgan fingerprint density at radius 1 is 1.20 bits per heavy atom. The van der Waals surface area contributed by atoms with Crippen molar-refractivity contribution >= 4 is 6.29 Å². The van der Waals surface area contributed by atoms with Crippen molar-refractivity contribution in [2.75, 3.05) is 13.2 Å². The molecule has 0 aromatic carbocycles. The first-order valence-corrected chi connectivity index (χ1v) is 13.0. The second-order valence-corrected chi connectivity index (χ2v) is 10.9. The molecule has 0 aromatic heterocycles. The fourth-order valence-electron chi connectivity index (χ4n) is 6.39. The van der Waals surface area contributed by atoms with Crippen LogP contribution < -0.4 is 0 Å². The van der Waals surface area contributed by atoms with E-state index < -0.39 is 17.1 Å². The third-order valence-corrected chi connectivity index (χ3v) is 8.36. The first-order valence-electron chi connectivity index (χ1n) is 13.0. The minimum absolute atomic E-state index is 0.0196. The molecule has 1 spiro atoms. The molecule has 0 radical (unpaired) electrons. The van der Waals surface area contributed by atoms with Crippen LogP contribution in [0.3, 0.4) is 0 Å². The number of aliphatic hydroxyl groups is 4. The van der Waals surface area contributed by atoms with Gasteiger partial charge in [0.05, 0.1) is 18.3 Å². The van der Waals surface area contributed by atoms with Gasteiger partial charge < -0.3 is 20.4 Å². The van der Waals surface area contributed by atoms with Gasteiger partial charge in [-0.2, -0.15) is 0 Å². The van der Waals surface area contributed by atoms with Crippen molar-refractivity contribution in [2.24, 2.45) is 17.3 Å². The second kappa shape index (κ2) is 13.0. The molecule has 5 atom stereocenters. The molecule has 0 bridgehead atoms. The summed E-state index contributed by atoms with van der Waals surface area (Å²) in [5.74, 6) is -0.489. The summed E-state index contributed by atoms with van der Waals surface area (Å²) in [6, 6.07) is 0. The van der Waals surface area contributed by atoms with E-state index in [1.54, 1.807) is 13.8 Å². The normalized spacial score (nSPS) is 32.8. The SMILES string of the molecule is C=C(/C=C/C=C(/CO)[C@@H]1CCC2([C@H](CCCO)/C(=C(/C)C=O)CC[C@]2(C)O)[C@@H]1O)CCC=C(C)C. The Morgan fingerprint density at radius 3 is 2.51 bits per heavy atom. The molecule has 196 valence electrons. The Balaban J connectivity index is 2.35. The minimum Gasteiger partial charge on any atom is -0.396 e. The average molecular weight is 487 g/mol. The minimum atomic E-state index is -1.12. The fraction of sp³-hybridized carbons (Fsp3) is 0.633. The van der Waals surface area contributed by atoms with Crippen LogP contribution >= 0.6 is 0 Å². The molecule has 5 heteroatoms. The lowest BCUT2D eigenvalue weighted by Crippen LogP contribution is -2.59. The summed E-state index contributed by atoms with van der Waals surface area (Å²) in [6.45, 7) is 11.7. The summed E-state index contributed by atoms with van der Waals surface area (Å²) in [4.78, 5) is 11.7. The monoisotopic (exact) mass is 486 g/mol. The van der Waals surface area contributed by atoms with Gasteiger partial charge in [-0.15, -0.1) is 0 Å². The van der Waals surface area contributed by atoms with Gasteiger partial charge in [0.25, 0.3) is 0 Å². The molecule has 2 rings (SSSR count). The van der Waals surface area contributed by atoms with Gasteiger partial charge in [0.2, 0.25) is 0 Å². The summed E-state index contributed by atoms with van der Waals surface area (Å²) in [5.41, 5.74) is 2.71. The Kier molecular flexibility index (Phi) is 10.9. The first kappa shape index (κ1) is 29.4. The molecule has 2 aliphatic rings. The van der Waals surface area contributed by atoms with E-state index in [9.17, 15) is 25.2 Å². The van der Waals surface area contributed by atoms with E-state index in [1.807, 2.05) is 18.2 Å². The van der Waals surface area contributed by atoms with Crippen LogP contribution in [-0.4, -0.2) is 51.6 Å². The predicted molar refractivity (Wildman–Crippen MR) is 142 cm³/mol. The molecule has 2 aliphatic carbocycles. The third-order valence-electron chi connectivity index (χ3n) is 8.36. The van der Waals surface area contributed by atoms with Crippen LogP contribution in [0.4, 0.5) is 0 Å². The third kappa shape index (κ3) is 6.51. The molecule has 0 aliphatic heterocycles. The zero-order valence-electron chi connectivity index (χ0n) is 22.1. The van der Waals surface area contributed by atoms with Crippen LogP contribution in [0, 0.1) is 17.3 Å². The van der Waals surface area contributed by atoms with Gasteiger partial charge in [-0.3, -0.25) is 4.79 Å². The van der Waals surface area contributed by atoms with Gasteiger partial charge in [0, 0.05) is 17.9 Å². The van der Waals surface area contributed by atoms with Crippen LogP contribution in [0.1, 0.15) is 79.1 Å². The van der Waals surface area contributed by atoms with Crippen molar-refractivity contribution in [3.05, 3.63) is 58.7 Å². The van der Waals surface area contributed by atoms with Crippen LogP contribution in [0.25, 0.3) is 0 Å². The maximum Gasteiger partial charge on any atom is 0.145 e. The molecule has 35 heavy (non-hydrogen) atoms. The summed E-state index contributed by atoms with van der Waals surface area (Å²) < 4.78 is 0. The van der Waals surface area contributed by atoms with Crippen LogP contribution in [0.15, 0.2) is 58.7 Å². The van der Waals surface area contributed by atoms with E-state index in [0.717, 1.165) is 35.8 Å². The van der Waals surface area contributed by atoms with E-state index in [1.165, 1.54) is 5.57 Å². The van der Waals surface area contributed by atoms with Crippen molar-refractivity contribution in [3.63, 3.8) is 0 Å². The van der Waals surface area contributed by atoms with Crippen molar-refractivity contribution in [2.45, 2.75) is 90.8 Å². The lowest BCUT2D eigenvalue weighted by molar-refractivity contribution is -0.167. The van der Waals surface area contributed by atoms with Crippen molar-refractivity contribution in [1.29, 1.82) is 0 Å². The molecular weight excluding hydrogens is 440 g/mol. The lowest BCUT2D eigenvalue weighted by atomic mass is 9.52. The lowest BCUT2D eigenvalue weighted by Gasteiger charge is -2.55. The van der Waals surface area contributed by atoms with Gasteiger partial charge in [-0.1, -0.05) is 47.6 Å². The van der Waals surface area contributed by atoms with Crippen molar-refractivity contribution < 1.29 is 25.2 Å². The average Bonchev–Trinajstić information content (AvgIpc) is 3.15. The topological polar surface area (TPSA) is 98.0 Å². The molecule has 4 N–H and O–H groups in total. The molecule has 5 nitrogen and oxygen atoms in total. The van der Waals surface area contributed by atoms with E-state index in [-0.39, 0.29) is 25.0 Å². The van der Waals surface area contributed by atoms with E-state index >= 15 is 0 Å². The van der Waals surface area contributed by atoms with Gasteiger partial charge in [0.1, 0.15) is 6.29 Å². The summed E-state index contributed by atoms with van der Waals surface area (Å²) in [6.07, 6.45) is 13.1. The van der Waals surface area contributed by atoms with Crippen molar-refractivity contribution in [3.8, 4) is 0 Å². The Hall–Kier alpha value is -1.79. The Labute approximate surface area is 211 Å². The van der Waals surface area contributed by atoms with E-state index in [4.69, 9.17) is 0 Å². The van der Waals surface area contributed by atoms with Gasteiger partial charge in [0.15, 0.2) is 0 Å². The van der Waals surface area contributed by atoms with Crippen LogP contribution in [-0.2, 0) is 4.79 Å². The van der Waals surface area contributed by atoms with Gasteiger partial charge in [-0.25, -0.2) is 0 Å². The zero-order valence-corrected chi connectivity index (χ0v) is 22.1. The standard InChI is InChI=1S/C30H46O5/c1-21(2)9-6-10-22(3)11-7-12-24(20-33)26-15-17-30(28(26)34)27(13-8-18-31)25(23(4)19-32)14-16-29(30,5)35/h7,9,11-12,19,26-28,31,33-35H,3,6,8,10,13-18,20H2,1-2,4-5H3/b11-7+,24-12-,25-23-/t26-,27+,28+,29-,30?/m0/s1. The van der Waals surface area contributed by atoms with Crippen LogP contribution in [0.2, 0.25) is 0 Å². The zero-order chi connectivity index (χ0) is 26.2. The molecule has 2 fully saturated rings. The van der Waals surface area contributed by atoms with E-state index in [2.05, 4.69) is 26.5 Å². The first-order chi connectivity index (χ1) is 16.6. The maximum atomic E-state index is 11.8. The smallest absolute Gasteiger partial charge is 0.145 e. The molecule has 0 amide bonds. The summed E-state index contributed by atoms with van der Waals surface area (Å²) >= 11 is 0. The predicted octanol–water partition coefficient (Wildman–Crippen LogP) is 4.97. The second-order valence-electron chi connectivity index (χ2n) is 10.9. The van der Waals surface area contributed by atoms with E-state index in [0.29, 0.717) is 44.1 Å². The van der Waals surface area contributed by atoms with Gasteiger partial charge in [-0.05, 0) is 96.1 Å². The number of aldehydes is 1. The number of hydrogen-bond donors (Lipinski definition) is 4. The van der Waals surface area contributed by atoms with Crippen LogP contribution in [0.5, 0.6) is 0 Å². The number of allylic oxidation sites excluding steroid dienone is 8. The highest BCUT2D eigenvalue weighted by atomic mass is 16.3.